The third-order valence-corrected chi connectivity index (χ3v) is 3.96. The van der Waals surface area contributed by atoms with Gasteiger partial charge in [0.25, 0.3) is 0 Å². The van der Waals surface area contributed by atoms with E-state index in [4.69, 9.17) is 23.2 Å². The molecule has 0 saturated heterocycles. The van der Waals surface area contributed by atoms with Crippen LogP contribution >= 0.6 is 35.0 Å². The Morgan fingerprint density at radius 3 is 2.63 bits per heavy atom. The molecule has 0 aliphatic heterocycles. The molecule has 0 fully saturated rings. The van der Waals surface area contributed by atoms with Crippen molar-refractivity contribution in [2.24, 2.45) is 0 Å². The van der Waals surface area contributed by atoms with Crippen LogP contribution in [0.1, 0.15) is 0 Å². The van der Waals surface area contributed by atoms with E-state index >= 15 is 0 Å². The van der Waals surface area contributed by atoms with Crippen molar-refractivity contribution in [2.75, 3.05) is 11.1 Å². The lowest BCUT2D eigenvalue weighted by Gasteiger charge is -2.06. The number of benzene rings is 1. The van der Waals surface area contributed by atoms with Crippen LogP contribution in [-0.4, -0.2) is 16.6 Å². The lowest BCUT2D eigenvalue weighted by molar-refractivity contribution is -0.113. The van der Waals surface area contributed by atoms with Gasteiger partial charge in [-0.05, 0) is 24.3 Å². The molecule has 1 N–H and O–H groups in total. The van der Waals surface area contributed by atoms with Crippen molar-refractivity contribution in [3.05, 3.63) is 52.6 Å². The van der Waals surface area contributed by atoms with E-state index < -0.39 is 0 Å². The zero-order valence-electron chi connectivity index (χ0n) is 9.77. The first-order valence-corrected chi connectivity index (χ1v) is 7.18. The van der Waals surface area contributed by atoms with Crippen LogP contribution in [0.2, 0.25) is 10.0 Å². The molecule has 1 amide bonds. The number of nitrogens with zero attached hydrogens (tertiary/aromatic N) is 1. The van der Waals surface area contributed by atoms with Gasteiger partial charge in [-0.2, -0.15) is 0 Å². The molecular formula is C13H10Cl2N2OS. The van der Waals surface area contributed by atoms with Gasteiger partial charge in [-0.3, -0.25) is 4.79 Å². The Balaban J connectivity index is 1.92. The number of carbonyl (C=O) groups excluding carboxylic acids is 1. The van der Waals surface area contributed by atoms with Gasteiger partial charge in [0.15, 0.2) is 0 Å². The van der Waals surface area contributed by atoms with Gasteiger partial charge in [-0.15, -0.1) is 0 Å². The Bertz CT molecular complexity index is 592. The number of amides is 1. The van der Waals surface area contributed by atoms with E-state index in [1.807, 2.05) is 6.07 Å². The van der Waals surface area contributed by atoms with Crippen molar-refractivity contribution in [2.45, 2.75) is 5.03 Å². The average molecular weight is 313 g/mol. The molecule has 3 nitrogen and oxygen atoms in total. The molecule has 1 aromatic heterocycles. The van der Waals surface area contributed by atoms with Crippen molar-refractivity contribution in [3.63, 3.8) is 0 Å². The number of anilines is 1. The number of rotatable bonds is 4. The third-order valence-electron chi connectivity index (χ3n) is 2.21. The summed E-state index contributed by atoms with van der Waals surface area (Å²) in [6.45, 7) is 0. The normalized spacial score (nSPS) is 10.2. The van der Waals surface area contributed by atoms with Crippen molar-refractivity contribution in [1.82, 2.24) is 4.98 Å². The maximum Gasteiger partial charge on any atom is 0.234 e. The minimum atomic E-state index is -0.153. The Labute approximate surface area is 125 Å². The Morgan fingerprint density at radius 2 is 1.89 bits per heavy atom. The van der Waals surface area contributed by atoms with Crippen molar-refractivity contribution >= 4 is 46.6 Å². The molecule has 0 bridgehead atoms. The number of hydrogen-bond donors (Lipinski definition) is 1. The van der Waals surface area contributed by atoms with Crippen molar-refractivity contribution < 1.29 is 4.79 Å². The Hall–Kier alpha value is -1.23. The molecule has 0 atom stereocenters. The maximum atomic E-state index is 11.8. The molecule has 1 heterocycles. The minimum absolute atomic E-state index is 0.153. The fourth-order valence-electron chi connectivity index (χ4n) is 1.36. The summed E-state index contributed by atoms with van der Waals surface area (Å²) in [6.07, 6.45) is 1.64. The SMILES string of the molecule is O=C(CSc1ncccc1Cl)Nc1ccccc1Cl. The van der Waals surface area contributed by atoms with Gasteiger partial charge in [0.1, 0.15) is 5.03 Å². The fourth-order valence-corrected chi connectivity index (χ4v) is 2.51. The lowest BCUT2D eigenvalue weighted by atomic mass is 10.3. The first-order valence-electron chi connectivity index (χ1n) is 5.44. The molecule has 0 saturated carbocycles. The summed E-state index contributed by atoms with van der Waals surface area (Å²) < 4.78 is 0. The van der Waals surface area contributed by atoms with E-state index in [1.54, 1.807) is 36.5 Å². The predicted molar refractivity (Wildman–Crippen MR) is 80.1 cm³/mol. The molecule has 19 heavy (non-hydrogen) atoms. The first kappa shape index (κ1) is 14.2. The maximum absolute atomic E-state index is 11.8. The van der Waals surface area contributed by atoms with E-state index in [1.165, 1.54) is 11.8 Å². The number of pyridine rings is 1. The summed E-state index contributed by atoms with van der Waals surface area (Å²) in [7, 11) is 0. The monoisotopic (exact) mass is 312 g/mol. The number of thioether (sulfide) groups is 1. The highest BCUT2D eigenvalue weighted by Gasteiger charge is 2.08. The molecule has 0 radical (unpaired) electrons. The Kier molecular flexibility index (Phi) is 5.07. The van der Waals surface area contributed by atoms with Gasteiger partial charge >= 0.3 is 0 Å². The summed E-state index contributed by atoms with van der Waals surface area (Å²) in [5, 5.41) is 4.43. The van der Waals surface area contributed by atoms with Gasteiger partial charge in [0, 0.05) is 6.20 Å². The predicted octanol–water partition coefficient (Wildman–Crippen LogP) is 4.12. The molecule has 2 aromatic rings. The number of para-hydroxylation sites is 1. The van der Waals surface area contributed by atoms with E-state index in [-0.39, 0.29) is 11.7 Å². The molecule has 1 aromatic carbocycles. The number of halogens is 2. The lowest BCUT2D eigenvalue weighted by Crippen LogP contribution is -2.14. The molecule has 98 valence electrons. The first-order chi connectivity index (χ1) is 9.16. The van der Waals surface area contributed by atoms with E-state index in [9.17, 15) is 4.79 Å². The number of nitrogens with one attached hydrogen (secondary N) is 1. The van der Waals surface area contributed by atoms with Gasteiger partial charge in [0.2, 0.25) is 5.91 Å². The highest BCUT2D eigenvalue weighted by molar-refractivity contribution is 8.00. The van der Waals surface area contributed by atoms with E-state index in [0.29, 0.717) is 20.8 Å². The van der Waals surface area contributed by atoms with Crippen LogP contribution in [0.15, 0.2) is 47.6 Å². The largest absolute Gasteiger partial charge is 0.324 e. The second kappa shape index (κ2) is 6.80. The van der Waals surface area contributed by atoms with Crippen molar-refractivity contribution in [1.29, 1.82) is 0 Å². The zero-order chi connectivity index (χ0) is 13.7. The minimum Gasteiger partial charge on any atom is -0.324 e. The topological polar surface area (TPSA) is 42.0 Å². The molecular weight excluding hydrogens is 303 g/mol. The van der Waals surface area contributed by atoms with Crippen LogP contribution < -0.4 is 5.32 Å². The fraction of sp³-hybridized carbons (Fsp3) is 0.0769. The zero-order valence-corrected chi connectivity index (χ0v) is 12.1. The summed E-state index contributed by atoms with van der Waals surface area (Å²) in [6, 6.07) is 10.6. The quantitative estimate of drug-likeness (QED) is 0.863. The van der Waals surface area contributed by atoms with Crippen LogP contribution in [0.4, 0.5) is 5.69 Å². The van der Waals surface area contributed by atoms with Crippen LogP contribution in [-0.2, 0) is 4.79 Å². The molecule has 0 aliphatic carbocycles. The van der Waals surface area contributed by atoms with Gasteiger partial charge in [-0.25, -0.2) is 4.98 Å². The van der Waals surface area contributed by atoms with Crippen molar-refractivity contribution in [3.8, 4) is 0 Å². The summed E-state index contributed by atoms with van der Waals surface area (Å²) in [5.41, 5.74) is 0.599. The third kappa shape index (κ3) is 4.13. The molecule has 0 aliphatic rings. The van der Waals surface area contributed by atoms with Gasteiger partial charge < -0.3 is 5.32 Å². The second-order valence-electron chi connectivity index (χ2n) is 3.61. The van der Waals surface area contributed by atoms with Crippen LogP contribution in [0, 0.1) is 0 Å². The Morgan fingerprint density at radius 1 is 1.16 bits per heavy atom. The molecule has 0 spiro atoms. The van der Waals surface area contributed by atoms with E-state index in [2.05, 4.69) is 10.3 Å². The number of aromatic nitrogens is 1. The molecule has 6 heteroatoms. The van der Waals surface area contributed by atoms with Crippen LogP contribution in [0.25, 0.3) is 0 Å². The highest BCUT2D eigenvalue weighted by Crippen LogP contribution is 2.25. The highest BCUT2D eigenvalue weighted by atomic mass is 35.5. The second-order valence-corrected chi connectivity index (χ2v) is 5.39. The van der Waals surface area contributed by atoms with Gasteiger partial charge in [0.05, 0.1) is 21.5 Å². The van der Waals surface area contributed by atoms with E-state index in [0.717, 1.165) is 0 Å². The summed E-state index contributed by atoms with van der Waals surface area (Å²) in [5.74, 6) is 0.0712. The van der Waals surface area contributed by atoms with Crippen LogP contribution in [0.3, 0.4) is 0 Å². The molecule has 2 rings (SSSR count). The summed E-state index contributed by atoms with van der Waals surface area (Å²) >= 11 is 13.2. The van der Waals surface area contributed by atoms with Gasteiger partial charge in [-0.1, -0.05) is 47.1 Å². The molecule has 0 unspecified atom stereocenters. The summed E-state index contributed by atoms with van der Waals surface area (Å²) in [4.78, 5) is 15.9. The average Bonchev–Trinajstić information content (AvgIpc) is 2.40. The smallest absolute Gasteiger partial charge is 0.234 e. The number of carbonyl (C=O) groups is 1. The number of hydrogen-bond acceptors (Lipinski definition) is 3. The standard InChI is InChI=1S/C13H10Cl2N2OS/c14-9-4-1-2-6-11(9)17-12(18)8-19-13-10(15)5-3-7-16-13/h1-7H,8H2,(H,17,18). The van der Waals surface area contributed by atoms with Crippen LogP contribution in [0.5, 0.6) is 0 Å².